The second-order valence-corrected chi connectivity index (χ2v) is 4.47. The summed E-state index contributed by atoms with van der Waals surface area (Å²) in [5.74, 6) is 1.46. The fourth-order valence-electron chi connectivity index (χ4n) is 2.04. The van der Waals surface area contributed by atoms with E-state index in [1.54, 1.807) is 0 Å². The van der Waals surface area contributed by atoms with Crippen molar-refractivity contribution in [1.82, 2.24) is 5.32 Å². The minimum Gasteiger partial charge on any atom is -0.486 e. The smallest absolute Gasteiger partial charge is 0.161 e. The molecule has 0 aromatic heterocycles. The summed E-state index contributed by atoms with van der Waals surface area (Å²) in [5, 5.41) is 12.5. The molecular weight excluding hydrogens is 256 g/mol. The van der Waals surface area contributed by atoms with Crippen molar-refractivity contribution in [2.24, 2.45) is 0 Å². The number of hydrogen-bond acceptors (Lipinski definition) is 5. The van der Waals surface area contributed by atoms with Gasteiger partial charge in [-0.3, -0.25) is 5.32 Å². The predicted molar refractivity (Wildman–Crippen MR) is 74.9 cm³/mol. The van der Waals surface area contributed by atoms with Gasteiger partial charge in [0.2, 0.25) is 0 Å². The normalized spacial score (nSPS) is 14.6. The molecule has 1 N–H and O–H groups in total. The Kier molecular flexibility index (Phi) is 5.66. The lowest BCUT2D eigenvalue weighted by atomic mass is 10.1. The molecule has 1 aliphatic heterocycles. The Morgan fingerprint density at radius 2 is 2.15 bits per heavy atom. The van der Waals surface area contributed by atoms with Crippen molar-refractivity contribution in [3.63, 3.8) is 0 Å². The van der Waals surface area contributed by atoms with Gasteiger partial charge in [-0.1, -0.05) is 6.07 Å². The lowest BCUT2D eigenvalue weighted by molar-refractivity contribution is 0.144. The highest BCUT2D eigenvalue weighted by Crippen LogP contribution is 2.32. The van der Waals surface area contributed by atoms with Crippen LogP contribution in [0.1, 0.15) is 24.9 Å². The van der Waals surface area contributed by atoms with E-state index in [1.165, 1.54) is 0 Å². The Labute approximate surface area is 119 Å². The van der Waals surface area contributed by atoms with Crippen LogP contribution in [0.3, 0.4) is 0 Å². The summed E-state index contributed by atoms with van der Waals surface area (Å²) in [6, 6.07) is 7.56. The number of rotatable bonds is 7. The molecular formula is C15H20N2O3. The van der Waals surface area contributed by atoms with Gasteiger partial charge in [-0.25, -0.2) is 0 Å². The van der Waals surface area contributed by atoms with Crippen molar-refractivity contribution in [3.8, 4) is 17.6 Å². The summed E-state index contributed by atoms with van der Waals surface area (Å²) in [6.45, 7) is 5.28. The lowest BCUT2D eigenvalue weighted by Crippen LogP contribution is -2.22. The van der Waals surface area contributed by atoms with E-state index in [-0.39, 0.29) is 6.04 Å². The standard InChI is InChI=1S/C15H20N2O3/c1-2-18-7-3-6-17-13(11-16)12-4-5-14-15(10-12)20-9-8-19-14/h4-5,10,13,17H,2-3,6-9H2,1H3. The molecule has 5 heteroatoms. The van der Waals surface area contributed by atoms with Gasteiger partial charge in [0, 0.05) is 13.2 Å². The molecule has 1 aromatic rings. The monoisotopic (exact) mass is 276 g/mol. The number of nitrogens with one attached hydrogen (secondary N) is 1. The van der Waals surface area contributed by atoms with Gasteiger partial charge < -0.3 is 14.2 Å². The Balaban J connectivity index is 1.92. The van der Waals surface area contributed by atoms with Gasteiger partial charge in [-0.15, -0.1) is 0 Å². The van der Waals surface area contributed by atoms with Crippen LogP contribution in [0.15, 0.2) is 18.2 Å². The zero-order valence-corrected chi connectivity index (χ0v) is 11.7. The minimum atomic E-state index is -0.340. The average molecular weight is 276 g/mol. The highest BCUT2D eigenvalue weighted by atomic mass is 16.6. The first-order valence-electron chi connectivity index (χ1n) is 6.95. The summed E-state index contributed by atoms with van der Waals surface area (Å²) < 4.78 is 16.3. The summed E-state index contributed by atoms with van der Waals surface area (Å²) in [6.07, 6.45) is 0.885. The Bertz CT molecular complexity index is 471. The summed E-state index contributed by atoms with van der Waals surface area (Å²) in [7, 11) is 0. The average Bonchev–Trinajstić information content (AvgIpc) is 2.50. The highest BCUT2D eigenvalue weighted by Gasteiger charge is 2.16. The molecule has 0 aliphatic carbocycles. The van der Waals surface area contributed by atoms with Crippen molar-refractivity contribution in [2.45, 2.75) is 19.4 Å². The van der Waals surface area contributed by atoms with E-state index in [2.05, 4.69) is 11.4 Å². The van der Waals surface area contributed by atoms with Crippen molar-refractivity contribution in [2.75, 3.05) is 33.0 Å². The van der Waals surface area contributed by atoms with Crippen LogP contribution in [0.2, 0.25) is 0 Å². The molecule has 108 valence electrons. The maximum absolute atomic E-state index is 9.27. The molecule has 5 nitrogen and oxygen atoms in total. The maximum atomic E-state index is 9.27. The summed E-state index contributed by atoms with van der Waals surface area (Å²) in [5.41, 5.74) is 0.896. The van der Waals surface area contributed by atoms with Crippen LogP contribution in [-0.2, 0) is 4.74 Å². The minimum absolute atomic E-state index is 0.340. The van der Waals surface area contributed by atoms with Gasteiger partial charge in [-0.05, 0) is 37.6 Å². The van der Waals surface area contributed by atoms with Crippen LogP contribution in [0, 0.1) is 11.3 Å². The molecule has 0 fully saturated rings. The highest BCUT2D eigenvalue weighted by molar-refractivity contribution is 5.45. The van der Waals surface area contributed by atoms with E-state index in [0.29, 0.717) is 25.6 Å². The zero-order chi connectivity index (χ0) is 14.2. The maximum Gasteiger partial charge on any atom is 0.161 e. The van der Waals surface area contributed by atoms with Crippen molar-refractivity contribution >= 4 is 0 Å². The fraction of sp³-hybridized carbons (Fsp3) is 0.533. The molecule has 0 saturated carbocycles. The second kappa shape index (κ2) is 7.73. The first-order valence-corrected chi connectivity index (χ1v) is 6.95. The molecule has 1 aromatic carbocycles. The van der Waals surface area contributed by atoms with Crippen molar-refractivity contribution in [3.05, 3.63) is 23.8 Å². The Hall–Kier alpha value is -1.77. The van der Waals surface area contributed by atoms with Crippen LogP contribution in [0.4, 0.5) is 0 Å². The number of nitrogens with zero attached hydrogens (tertiary/aromatic N) is 1. The zero-order valence-electron chi connectivity index (χ0n) is 11.7. The SMILES string of the molecule is CCOCCCNC(C#N)c1ccc2c(c1)OCCO2. The van der Waals surface area contributed by atoms with Crippen LogP contribution in [-0.4, -0.2) is 33.0 Å². The fourth-order valence-corrected chi connectivity index (χ4v) is 2.04. The molecule has 0 radical (unpaired) electrons. The number of benzene rings is 1. The van der Waals surface area contributed by atoms with Gasteiger partial charge in [-0.2, -0.15) is 5.26 Å². The second-order valence-electron chi connectivity index (χ2n) is 4.47. The predicted octanol–water partition coefficient (Wildman–Crippen LogP) is 2.04. The molecule has 0 amide bonds. The summed E-state index contributed by atoms with van der Waals surface area (Å²) >= 11 is 0. The van der Waals surface area contributed by atoms with Gasteiger partial charge in [0.05, 0.1) is 6.07 Å². The van der Waals surface area contributed by atoms with Crippen molar-refractivity contribution < 1.29 is 14.2 Å². The number of nitriles is 1. The van der Waals surface area contributed by atoms with E-state index in [0.717, 1.165) is 30.9 Å². The topological polar surface area (TPSA) is 63.5 Å². The Morgan fingerprint density at radius 3 is 2.90 bits per heavy atom. The van der Waals surface area contributed by atoms with Crippen LogP contribution < -0.4 is 14.8 Å². The lowest BCUT2D eigenvalue weighted by Gasteiger charge is -2.20. The largest absolute Gasteiger partial charge is 0.486 e. The van der Waals surface area contributed by atoms with Crippen LogP contribution in [0.5, 0.6) is 11.5 Å². The molecule has 1 unspecified atom stereocenters. The third kappa shape index (κ3) is 3.86. The summed E-state index contributed by atoms with van der Waals surface area (Å²) in [4.78, 5) is 0. The third-order valence-corrected chi connectivity index (χ3v) is 3.05. The number of fused-ring (bicyclic) bond motifs is 1. The quantitative estimate of drug-likeness (QED) is 0.772. The van der Waals surface area contributed by atoms with E-state index < -0.39 is 0 Å². The van der Waals surface area contributed by atoms with Crippen LogP contribution >= 0.6 is 0 Å². The molecule has 1 aliphatic rings. The molecule has 20 heavy (non-hydrogen) atoms. The van der Waals surface area contributed by atoms with E-state index in [1.807, 2.05) is 25.1 Å². The number of ether oxygens (including phenoxy) is 3. The van der Waals surface area contributed by atoms with Gasteiger partial charge in [0.15, 0.2) is 11.5 Å². The van der Waals surface area contributed by atoms with Gasteiger partial charge in [0.25, 0.3) is 0 Å². The van der Waals surface area contributed by atoms with Crippen LogP contribution in [0.25, 0.3) is 0 Å². The molecule has 1 heterocycles. The molecule has 0 saturated heterocycles. The first kappa shape index (κ1) is 14.6. The molecule has 0 bridgehead atoms. The van der Waals surface area contributed by atoms with Crippen molar-refractivity contribution in [1.29, 1.82) is 5.26 Å². The van der Waals surface area contributed by atoms with Gasteiger partial charge >= 0.3 is 0 Å². The number of hydrogen-bond donors (Lipinski definition) is 1. The third-order valence-electron chi connectivity index (χ3n) is 3.05. The molecule has 0 spiro atoms. The van der Waals surface area contributed by atoms with E-state index >= 15 is 0 Å². The molecule has 2 rings (SSSR count). The van der Waals surface area contributed by atoms with E-state index in [4.69, 9.17) is 14.2 Å². The van der Waals surface area contributed by atoms with E-state index in [9.17, 15) is 5.26 Å². The van der Waals surface area contributed by atoms with Gasteiger partial charge in [0.1, 0.15) is 19.3 Å². The Morgan fingerprint density at radius 1 is 1.35 bits per heavy atom. The molecule has 1 atom stereocenters. The first-order chi connectivity index (χ1) is 9.85.